The minimum absolute atomic E-state index is 0.135. The van der Waals surface area contributed by atoms with Crippen LogP contribution in [0.1, 0.15) is 36.0 Å². The van der Waals surface area contributed by atoms with Gasteiger partial charge in [0.15, 0.2) is 6.61 Å². The van der Waals surface area contributed by atoms with Gasteiger partial charge in [-0.3, -0.25) is 9.59 Å². The van der Waals surface area contributed by atoms with Crippen LogP contribution in [0, 0.1) is 0 Å². The van der Waals surface area contributed by atoms with Gasteiger partial charge in [0.05, 0.1) is 12.9 Å². The van der Waals surface area contributed by atoms with Crippen LogP contribution >= 0.6 is 11.8 Å². The summed E-state index contributed by atoms with van der Waals surface area (Å²) in [6, 6.07) is 14.3. The predicted molar refractivity (Wildman–Crippen MR) is 117 cm³/mol. The summed E-state index contributed by atoms with van der Waals surface area (Å²) >= 11 is 1.47. The average molecular weight is 426 g/mol. The predicted octanol–water partition coefficient (Wildman–Crippen LogP) is 4.01. The van der Waals surface area contributed by atoms with E-state index in [2.05, 4.69) is 18.2 Å². The first kappa shape index (κ1) is 20.8. The molecule has 158 valence electrons. The van der Waals surface area contributed by atoms with Gasteiger partial charge in [-0.25, -0.2) is 0 Å². The molecule has 6 heteroatoms. The Kier molecular flexibility index (Phi) is 6.62. The molecule has 2 aliphatic rings. The highest BCUT2D eigenvalue weighted by Crippen LogP contribution is 2.29. The molecule has 2 aromatic rings. The van der Waals surface area contributed by atoms with Gasteiger partial charge in [0.1, 0.15) is 5.75 Å². The van der Waals surface area contributed by atoms with Crippen molar-refractivity contribution in [1.82, 2.24) is 4.90 Å². The quantitative estimate of drug-likeness (QED) is 0.449. The molecule has 0 heterocycles. The minimum atomic E-state index is -0.353. The largest absolute Gasteiger partial charge is 0.497 e. The summed E-state index contributed by atoms with van der Waals surface area (Å²) in [5, 5.41) is 0. The van der Waals surface area contributed by atoms with Gasteiger partial charge in [0.2, 0.25) is 0 Å². The molecular formula is C24H27NO4S. The van der Waals surface area contributed by atoms with Gasteiger partial charge >= 0.3 is 5.97 Å². The van der Waals surface area contributed by atoms with Crippen molar-refractivity contribution in [3.05, 3.63) is 59.2 Å². The van der Waals surface area contributed by atoms with Crippen molar-refractivity contribution in [3.8, 4) is 5.75 Å². The van der Waals surface area contributed by atoms with E-state index in [1.54, 1.807) is 7.11 Å². The highest BCUT2D eigenvalue weighted by molar-refractivity contribution is 8.00. The molecule has 30 heavy (non-hydrogen) atoms. The number of aryl methyl sites for hydroxylation is 2. The van der Waals surface area contributed by atoms with Crippen LogP contribution in [0.4, 0.5) is 0 Å². The van der Waals surface area contributed by atoms with E-state index in [1.807, 2.05) is 29.2 Å². The topological polar surface area (TPSA) is 55.8 Å². The second kappa shape index (κ2) is 9.56. The fraction of sp³-hybridized carbons (Fsp3) is 0.417. The van der Waals surface area contributed by atoms with Gasteiger partial charge in [-0.2, -0.15) is 0 Å². The first-order valence-electron chi connectivity index (χ1n) is 10.4. The Morgan fingerprint density at radius 3 is 2.57 bits per heavy atom. The first-order valence-corrected chi connectivity index (χ1v) is 11.4. The van der Waals surface area contributed by atoms with Crippen LogP contribution in [0.25, 0.3) is 0 Å². The van der Waals surface area contributed by atoms with Crippen molar-refractivity contribution in [1.29, 1.82) is 0 Å². The number of methoxy groups -OCH3 is 1. The third kappa shape index (κ3) is 5.36. The number of rotatable bonds is 9. The Balaban J connectivity index is 1.25. The van der Waals surface area contributed by atoms with Gasteiger partial charge in [-0.1, -0.05) is 18.2 Å². The van der Waals surface area contributed by atoms with Gasteiger partial charge in [0.25, 0.3) is 5.91 Å². The fourth-order valence-corrected chi connectivity index (χ4v) is 4.54. The van der Waals surface area contributed by atoms with Crippen LogP contribution in [0.3, 0.4) is 0 Å². The van der Waals surface area contributed by atoms with Crippen molar-refractivity contribution in [2.45, 2.75) is 49.6 Å². The smallest absolute Gasteiger partial charge is 0.316 e. The molecule has 0 bridgehead atoms. The Morgan fingerprint density at radius 1 is 1.07 bits per heavy atom. The lowest BCUT2D eigenvalue weighted by molar-refractivity contribution is -0.150. The maximum absolute atomic E-state index is 12.7. The molecule has 5 nitrogen and oxygen atoms in total. The van der Waals surface area contributed by atoms with E-state index in [0.717, 1.165) is 41.9 Å². The molecule has 0 unspecified atom stereocenters. The van der Waals surface area contributed by atoms with Gasteiger partial charge in [-0.15, -0.1) is 11.8 Å². The number of esters is 1. The number of carbonyl (C=O) groups is 2. The molecule has 0 radical (unpaired) electrons. The van der Waals surface area contributed by atoms with Crippen LogP contribution < -0.4 is 4.74 Å². The third-order valence-electron chi connectivity index (χ3n) is 5.60. The van der Waals surface area contributed by atoms with Crippen LogP contribution in [0.2, 0.25) is 0 Å². The maximum atomic E-state index is 12.7. The number of ether oxygens (including phenoxy) is 2. The Bertz CT molecular complexity index is 908. The molecular weight excluding hydrogens is 398 g/mol. The van der Waals surface area contributed by atoms with Crippen molar-refractivity contribution < 1.29 is 19.1 Å². The fourth-order valence-electron chi connectivity index (χ4n) is 3.78. The van der Waals surface area contributed by atoms with Gasteiger partial charge < -0.3 is 14.4 Å². The molecule has 2 aliphatic carbocycles. The van der Waals surface area contributed by atoms with Gasteiger partial charge in [-0.05, 0) is 73.1 Å². The van der Waals surface area contributed by atoms with E-state index in [0.29, 0.717) is 6.54 Å². The minimum Gasteiger partial charge on any atom is -0.497 e. The summed E-state index contributed by atoms with van der Waals surface area (Å²) in [6.45, 7) is 0.325. The average Bonchev–Trinajstić information content (AvgIpc) is 3.51. The molecule has 0 spiro atoms. The summed E-state index contributed by atoms with van der Waals surface area (Å²) in [5.74, 6) is 0.518. The highest BCUT2D eigenvalue weighted by Gasteiger charge is 2.32. The molecule has 0 N–H and O–H groups in total. The first-order chi connectivity index (χ1) is 14.6. The number of nitrogens with zero attached hydrogens (tertiary/aromatic N) is 1. The summed E-state index contributed by atoms with van der Waals surface area (Å²) in [6.07, 6.45) is 5.49. The summed E-state index contributed by atoms with van der Waals surface area (Å²) < 4.78 is 10.5. The normalized spacial score (nSPS) is 14.8. The number of benzene rings is 2. The number of carbonyl (C=O) groups excluding carboxylic acids is 2. The molecule has 0 atom stereocenters. The number of hydrogen-bond donors (Lipinski definition) is 0. The lowest BCUT2D eigenvalue weighted by Crippen LogP contribution is -2.36. The van der Waals surface area contributed by atoms with Crippen LogP contribution in [0.15, 0.2) is 47.4 Å². The number of fused-ring (bicyclic) bond motifs is 1. The molecule has 4 rings (SSSR count). The molecule has 0 aromatic heterocycles. The lowest BCUT2D eigenvalue weighted by Gasteiger charge is -2.22. The number of thioether (sulfide) groups is 1. The highest BCUT2D eigenvalue weighted by atomic mass is 32.2. The van der Waals surface area contributed by atoms with Crippen LogP contribution in [-0.2, 0) is 33.7 Å². The molecule has 1 saturated carbocycles. The van der Waals surface area contributed by atoms with E-state index < -0.39 is 0 Å². The van der Waals surface area contributed by atoms with E-state index in [4.69, 9.17) is 9.47 Å². The monoisotopic (exact) mass is 425 g/mol. The van der Waals surface area contributed by atoms with E-state index in [1.165, 1.54) is 29.3 Å². The van der Waals surface area contributed by atoms with Crippen molar-refractivity contribution in [2.24, 2.45) is 0 Å². The zero-order chi connectivity index (χ0) is 20.9. The zero-order valence-corrected chi connectivity index (χ0v) is 18.1. The number of hydrogen-bond acceptors (Lipinski definition) is 5. The molecule has 0 saturated heterocycles. The SMILES string of the molecule is COc1ccc(CN(C(=O)COC(=O)CSc2ccc3c(c2)CCC3)C2CC2)cc1. The third-order valence-corrected chi connectivity index (χ3v) is 6.57. The van der Waals surface area contributed by atoms with Gasteiger partial charge in [0, 0.05) is 17.5 Å². The van der Waals surface area contributed by atoms with Crippen LogP contribution in [0.5, 0.6) is 5.75 Å². The Morgan fingerprint density at radius 2 is 1.83 bits per heavy atom. The zero-order valence-electron chi connectivity index (χ0n) is 17.3. The molecule has 1 amide bonds. The van der Waals surface area contributed by atoms with Crippen molar-refractivity contribution >= 4 is 23.6 Å². The van der Waals surface area contributed by atoms with Crippen molar-refractivity contribution in [2.75, 3.05) is 19.5 Å². The summed E-state index contributed by atoms with van der Waals surface area (Å²) in [7, 11) is 1.63. The maximum Gasteiger partial charge on any atom is 0.316 e. The second-order valence-corrected chi connectivity index (χ2v) is 8.88. The van der Waals surface area contributed by atoms with Crippen LogP contribution in [-0.4, -0.2) is 42.3 Å². The van der Waals surface area contributed by atoms with Crippen molar-refractivity contribution in [3.63, 3.8) is 0 Å². The Labute approximate surface area is 181 Å². The lowest BCUT2D eigenvalue weighted by atomic mass is 10.1. The molecule has 0 aliphatic heterocycles. The van der Waals surface area contributed by atoms with E-state index in [-0.39, 0.29) is 30.3 Å². The molecule has 2 aromatic carbocycles. The number of amides is 1. The van der Waals surface area contributed by atoms with E-state index >= 15 is 0 Å². The Hall–Kier alpha value is -2.47. The van der Waals surface area contributed by atoms with E-state index in [9.17, 15) is 9.59 Å². The summed E-state index contributed by atoms with van der Waals surface area (Å²) in [4.78, 5) is 27.7. The summed E-state index contributed by atoms with van der Waals surface area (Å²) in [5.41, 5.74) is 3.85. The standard InChI is InChI=1S/C24H27NO4S/c1-28-21-10-5-17(6-11-21)14-25(20-8-9-20)23(26)15-29-24(27)16-30-22-12-7-18-3-2-4-19(18)13-22/h5-7,10-13,20H,2-4,8-9,14-16H2,1H3. The second-order valence-electron chi connectivity index (χ2n) is 7.83. The molecule has 1 fully saturated rings.